The number of carbonyl (C=O) groups is 2. The van der Waals surface area contributed by atoms with Crippen LogP contribution in [0.1, 0.15) is 62.6 Å². The molecule has 1 saturated carbocycles. The van der Waals surface area contributed by atoms with Gasteiger partial charge in [-0.1, -0.05) is 18.0 Å². The SMILES string of the molecule is O=C(O)C1CCCN1C(=O)CCc1nc(C2CCCC2)no1. The molecule has 0 radical (unpaired) electrons. The van der Waals surface area contributed by atoms with Crippen LogP contribution >= 0.6 is 0 Å². The van der Waals surface area contributed by atoms with Crippen molar-refractivity contribution in [1.29, 1.82) is 0 Å². The van der Waals surface area contributed by atoms with Crippen molar-refractivity contribution >= 4 is 11.9 Å². The molecule has 1 aliphatic heterocycles. The van der Waals surface area contributed by atoms with E-state index in [9.17, 15) is 9.59 Å². The normalized spacial score (nSPS) is 22.4. The van der Waals surface area contributed by atoms with E-state index in [1.54, 1.807) is 0 Å². The first-order valence-electron chi connectivity index (χ1n) is 8.00. The molecule has 3 rings (SSSR count). The molecule has 22 heavy (non-hydrogen) atoms. The molecule has 1 unspecified atom stereocenters. The summed E-state index contributed by atoms with van der Waals surface area (Å²) < 4.78 is 5.22. The van der Waals surface area contributed by atoms with Crippen LogP contribution < -0.4 is 0 Å². The van der Waals surface area contributed by atoms with Crippen molar-refractivity contribution in [3.63, 3.8) is 0 Å². The van der Waals surface area contributed by atoms with Crippen molar-refractivity contribution in [2.45, 2.75) is 63.3 Å². The second-order valence-corrected chi connectivity index (χ2v) is 6.11. The Morgan fingerprint density at radius 2 is 2.00 bits per heavy atom. The van der Waals surface area contributed by atoms with Crippen molar-refractivity contribution in [1.82, 2.24) is 15.0 Å². The summed E-state index contributed by atoms with van der Waals surface area (Å²) in [5.41, 5.74) is 0. The van der Waals surface area contributed by atoms with Crippen molar-refractivity contribution in [3.8, 4) is 0 Å². The van der Waals surface area contributed by atoms with Gasteiger partial charge < -0.3 is 14.5 Å². The van der Waals surface area contributed by atoms with E-state index >= 15 is 0 Å². The quantitative estimate of drug-likeness (QED) is 0.890. The Morgan fingerprint density at radius 3 is 2.73 bits per heavy atom. The highest BCUT2D eigenvalue weighted by Crippen LogP contribution is 2.32. The molecule has 1 saturated heterocycles. The first kappa shape index (κ1) is 15.0. The van der Waals surface area contributed by atoms with E-state index in [4.69, 9.17) is 9.63 Å². The van der Waals surface area contributed by atoms with Crippen molar-refractivity contribution in [3.05, 3.63) is 11.7 Å². The van der Waals surface area contributed by atoms with E-state index in [0.29, 0.717) is 31.2 Å². The molecule has 1 amide bonds. The fourth-order valence-corrected chi connectivity index (χ4v) is 3.40. The van der Waals surface area contributed by atoms with Gasteiger partial charge in [0.05, 0.1) is 0 Å². The van der Waals surface area contributed by atoms with Gasteiger partial charge in [0.2, 0.25) is 11.8 Å². The Hall–Kier alpha value is -1.92. The number of aliphatic carboxylic acids is 1. The molecule has 7 nitrogen and oxygen atoms in total. The zero-order valence-corrected chi connectivity index (χ0v) is 12.5. The van der Waals surface area contributed by atoms with Gasteiger partial charge in [0.15, 0.2) is 5.82 Å². The lowest BCUT2D eigenvalue weighted by molar-refractivity contribution is -0.148. The number of carboxylic acids is 1. The Labute approximate surface area is 128 Å². The Balaban J connectivity index is 1.53. The summed E-state index contributed by atoms with van der Waals surface area (Å²) in [6, 6.07) is -0.677. The summed E-state index contributed by atoms with van der Waals surface area (Å²) in [4.78, 5) is 29.1. The maximum atomic E-state index is 12.2. The van der Waals surface area contributed by atoms with Crippen LogP contribution in [-0.2, 0) is 16.0 Å². The zero-order valence-electron chi connectivity index (χ0n) is 12.5. The largest absolute Gasteiger partial charge is 0.480 e. The lowest BCUT2D eigenvalue weighted by Gasteiger charge is -2.20. The Bertz CT molecular complexity index is 551. The maximum Gasteiger partial charge on any atom is 0.326 e. The number of nitrogens with zero attached hydrogens (tertiary/aromatic N) is 3. The summed E-state index contributed by atoms with van der Waals surface area (Å²) in [6.45, 7) is 0.521. The summed E-state index contributed by atoms with van der Waals surface area (Å²) in [7, 11) is 0. The minimum atomic E-state index is -0.924. The molecule has 1 aromatic rings. The van der Waals surface area contributed by atoms with E-state index in [2.05, 4.69) is 10.1 Å². The van der Waals surface area contributed by atoms with E-state index in [1.165, 1.54) is 17.7 Å². The third-order valence-electron chi connectivity index (χ3n) is 4.62. The van der Waals surface area contributed by atoms with Gasteiger partial charge >= 0.3 is 5.97 Å². The lowest BCUT2D eigenvalue weighted by Crippen LogP contribution is -2.40. The number of aromatic nitrogens is 2. The molecule has 2 aliphatic rings. The molecular weight excluding hydrogens is 286 g/mol. The van der Waals surface area contributed by atoms with E-state index in [-0.39, 0.29) is 12.3 Å². The summed E-state index contributed by atoms with van der Waals surface area (Å²) in [5, 5.41) is 13.1. The molecule has 0 bridgehead atoms. The average Bonchev–Trinajstić information content (AvgIpc) is 3.23. The molecule has 1 N–H and O–H groups in total. The first-order chi connectivity index (χ1) is 10.6. The maximum absolute atomic E-state index is 12.2. The van der Waals surface area contributed by atoms with Crippen LogP contribution in [0.4, 0.5) is 0 Å². The van der Waals surface area contributed by atoms with Gasteiger partial charge in [-0.25, -0.2) is 4.79 Å². The number of carbonyl (C=O) groups excluding carboxylic acids is 1. The number of rotatable bonds is 5. The van der Waals surface area contributed by atoms with Gasteiger partial charge in [-0.3, -0.25) is 4.79 Å². The molecular formula is C15H21N3O4. The fourth-order valence-electron chi connectivity index (χ4n) is 3.40. The third kappa shape index (κ3) is 3.13. The monoisotopic (exact) mass is 307 g/mol. The summed E-state index contributed by atoms with van der Waals surface area (Å²) in [5.74, 6) is 0.548. The number of hydrogen-bond donors (Lipinski definition) is 1. The smallest absolute Gasteiger partial charge is 0.326 e. The first-order valence-corrected chi connectivity index (χ1v) is 8.00. The van der Waals surface area contributed by atoms with Crippen molar-refractivity contribution < 1.29 is 19.2 Å². The molecule has 1 atom stereocenters. The van der Waals surface area contributed by atoms with Gasteiger partial charge in [-0.2, -0.15) is 4.98 Å². The van der Waals surface area contributed by atoms with Crippen LogP contribution in [0.25, 0.3) is 0 Å². The molecule has 0 spiro atoms. The van der Waals surface area contributed by atoms with Gasteiger partial charge in [-0.15, -0.1) is 0 Å². The molecule has 7 heteroatoms. The van der Waals surface area contributed by atoms with E-state index in [0.717, 1.165) is 25.1 Å². The van der Waals surface area contributed by atoms with Gasteiger partial charge in [0.25, 0.3) is 0 Å². The van der Waals surface area contributed by atoms with Gasteiger partial charge in [0, 0.05) is 25.3 Å². The minimum absolute atomic E-state index is 0.148. The number of carboxylic acid groups (broad SMARTS) is 1. The second kappa shape index (κ2) is 6.46. The summed E-state index contributed by atoms with van der Waals surface area (Å²) in [6.07, 6.45) is 6.50. The standard InChI is InChI=1S/C15H21N3O4/c19-13(18-9-3-6-11(18)15(20)21)8-7-12-16-14(17-22-12)10-4-1-2-5-10/h10-11H,1-9H2,(H,20,21). The highest BCUT2D eigenvalue weighted by Gasteiger charge is 2.33. The van der Waals surface area contributed by atoms with E-state index < -0.39 is 12.0 Å². The van der Waals surface area contributed by atoms with Crippen LogP contribution in [0.2, 0.25) is 0 Å². The summed E-state index contributed by atoms with van der Waals surface area (Å²) >= 11 is 0. The number of aryl methyl sites for hydroxylation is 1. The zero-order chi connectivity index (χ0) is 15.5. The molecule has 0 aromatic carbocycles. The number of likely N-dealkylation sites (tertiary alicyclic amines) is 1. The Morgan fingerprint density at radius 1 is 1.23 bits per heavy atom. The van der Waals surface area contributed by atoms with Crippen molar-refractivity contribution in [2.24, 2.45) is 0 Å². The van der Waals surface area contributed by atoms with Crippen LogP contribution in [0.3, 0.4) is 0 Å². The van der Waals surface area contributed by atoms with Crippen LogP contribution in [-0.4, -0.2) is 44.6 Å². The predicted molar refractivity (Wildman–Crippen MR) is 76.2 cm³/mol. The highest BCUT2D eigenvalue weighted by molar-refractivity contribution is 5.84. The minimum Gasteiger partial charge on any atom is -0.480 e. The lowest BCUT2D eigenvalue weighted by atomic mass is 10.1. The van der Waals surface area contributed by atoms with Crippen LogP contribution in [0, 0.1) is 0 Å². The van der Waals surface area contributed by atoms with Gasteiger partial charge in [-0.05, 0) is 25.7 Å². The second-order valence-electron chi connectivity index (χ2n) is 6.11. The highest BCUT2D eigenvalue weighted by atomic mass is 16.5. The van der Waals surface area contributed by atoms with Crippen LogP contribution in [0.5, 0.6) is 0 Å². The third-order valence-corrected chi connectivity index (χ3v) is 4.62. The molecule has 120 valence electrons. The fraction of sp³-hybridized carbons (Fsp3) is 0.733. The van der Waals surface area contributed by atoms with Crippen LogP contribution in [0.15, 0.2) is 4.52 Å². The van der Waals surface area contributed by atoms with Crippen molar-refractivity contribution in [2.75, 3.05) is 6.54 Å². The van der Waals surface area contributed by atoms with Gasteiger partial charge in [0.1, 0.15) is 6.04 Å². The molecule has 2 fully saturated rings. The Kier molecular flexibility index (Phi) is 4.40. The topological polar surface area (TPSA) is 96.5 Å². The molecule has 1 aliphatic carbocycles. The average molecular weight is 307 g/mol. The molecule has 2 heterocycles. The van der Waals surface area contributed by atoms with E-state index in [1.807, 2.05) is 0 Å². The predicted octanol–water partition coefficient (Wildman–Crippen LogP) is 1.74. The molecule has 1 aromatic heterocycles. The number of amides is 1. The number of hydrogen-bond acceptors (Lipinski definition) is 5.